The van der Waals surface area contributed by atoms with Crippen LogP contribution in [0.1, 0.15) is 0 Å². The van der Waals surface area contributed by atoms with Crippen LogP contribution in [-0.2, 0) is 9.63 Å². The van der Waals surface area contributed by atoms with Crippen LogP contribution in [0.3, 0.4) is 0 Å². The Hall–Kier alpha value is -0.320. The Bertz CT molecular complexity index is 107. The lowest BCUT2D eigenvalue weighted by atomic mass is 10.3. The molecule has 1 rings (SSSR count). The highest BCUT2D eigenvalue weighted by molar-refractivity contribution is 5.85. The van der Waals surface area contributed by atoms with Gasteiger partial charge in [-0.15, -0.1) is 12.4 Å². The van der Waals surface area contributed by atoms with Crippen LogP contribution in [0.2, 0.25) is 0 Å². The highest BCUT2D eigenvalue weighted by Crippen LogP contribution is 2.00. The van der Waals surface area contributed by atoms with Gasteiger partial charge in [0.05, 0.1) is 6.61 Å². The van der Waals surface area contributed by atoms with E-state index in [4.69, 9.17) is 10.6 Å². The summed E-state index contributed by atoms with van der Waals surface area (Å²) in [5.41, 5.74) is 5.25. The van der Waals surface area contributed by atoms with Crippen molar-refractivity contribution >= 4 is 18.3 Å². The summed E-state index contributed by atoms with van der Waals surface area (Å²) in [6.45, 7) is 0.315. The molecule has 1 aliphatic heterocycles. The number of carbonyl (C=O) groups excluding carboxylic acids is 1. The number of rotatable bonds is 0. The van der Waals surface area contributed by atoms with Gasteiger partial charge in [0.15, 0.2) is 0 Å². The van der Waals surface area contributed by atoms with E-state index in [1.165, 1.54) is 0 Å². The van der Waals surface area contributed by atoms with E-state index in [-0.39, 0.29) is 18.3 Å². The van der Waals surface area contributed by atoms with Crippen molar-refractivity contribution in [2.45, 2.75) is 6.04 Å². The molecule has 0 bridgehead atoms. The Morgan fingerprint density at radius 2 is 2.44 bits per heavy atom. The van der Waals surface area contributed by atoms with E-state index >= 15 is 0 Å². The molecule has 0 aromatic heterocycles. The summed E-state index contributed by atoms with van der Waals surface area (Å²) < 4.78 is 0. The summed E-state index contributed by atoms with van der Waals surface area (Å²) in [7, 11) is 1.55. The van der Waals surface area contributed by atoms with Gasteiger partial charge in [-0.1, -0.05) is 0 Å². The minimum Gasteiger partial charge on any atom is -0.318 e. The summed E-state index contributed by atoms with van der Waals surface area (Å²) in [6, 6.07) is -0.444. The quantitative estimate of drug-likeness (QED) is 0.492. The maximum Gasteiger partial charge on any atom is 0.265 e. The first-order valence-electron chi connectivity index (χ1n) is 2.38. The number of carbonyl (C=O) groups is 1. The number of hydroxylamine groups is 2. The molecular formula is C4H9ClN2O2. The summed E-state index contributed by atoms with van der Waals surface area (Å²) in [5.74, 6) is -0.148. The molecule has 9 heavy (non-hydrogen) atoms. The first-order valence-corrected chi connectivity index (χ1v) is 2.38. The predicted molar refractivity (Wildman–Crippen MR) is 33.9 cm³/mol. The second-order valence-corrected chi connectivity index (χ2v) is 1.74. The lowest BCUT2D eigenvalue weighted by molar-refractivity contribution is -0.154. The fraction of sp³-hybridized carbons (Fsp3) is 0.750. The van der Waals surface area contributed by atoms with Crippen molar-refractivity contribution in [3.8, 4) is 0 Å². The maximum absolute atomic E-state index is 10.6. The molecule has 1 saturated heterocycles. The van der Waals surface area contributed by atoms with E-state index in [0.717, 1.165) is 5.06 Å². The lowest BCUT2D eigenvalue weighted by Crippen LogP contribution is -2.32. The average Bonchev–Trinajstić information content (AvgIpc) is 1.98. The van der Waals surface area contributed by atoms with Crippen LogP contribution >= 0.6 is 12.4 Å². The molecule has 0 aliphatic carbocycles. The summed E-state index contributed by atoms with van der Waals surface area (Å²) in [4.78, 5) is 15.3. The molecule has 0 unspecified atom stereocenters. The van der Waals surface area contributed by atoms with Crippen LogP contribution in [0.25, 0.3) is 0 Å². The summed E-state index contributed by atoms with van der Waals surface area (Å²) in [6.07, 6.45) is 0. The minimum atomic E-state index is -0.444. The van der Waals surface area contributed by atoms with Crippen LogP contribution in [0.4, 0.5) is 0 Å². The third-order valence-corrected chi connectivity index (χ3v) is 1.08. The Kier molecular flexibility index (Phi) is 2.90. The van der Waals surface area contributed by atoms with E-state index in [2.05, 4.69) is 0 Å². The highest BCUT2D eigenvalue weighted by Gasteiger charge is 2.26. The van der Waals surface area contributed by atoms with E-state index in [1.54, 1.807) is 7.05 Å². The molecule has 4 nitrogen and oxygen atoms in total. The van der Waals surface area contributed by atoms with Crippen molar-refractivity contribution in [3.05, 3.63) is 0 Å². The number of halogens is 1. The van der Waals surface area contributed by atoms with Gasteiger partial charge in [0.2, 0.25) is 0 Å². The third kappa shape index (κ3) is 1.54. The first-order chi connectivity index (χ1) is 3.72. The molecule has 1 amide bonds. The molecule has 0 aromatic carbocycles. The van der Waals surface area contributed by atoms with Gasteiger partial charge in [-0.2, -0.15) is 0 Å². The molecule has 0 radical (unpaired) electrons. The number of hydrogen-bond donors (Lipinski definition) is 1. The predicted octanol–water partition coefficient (Wildman–Crippen LogP) is -0.861. The smallest absolute Gasteiger partial charge is 0.265 e. The molecule has 0 spiro atoms. The van der Waals surface area contributed by atoms with Gasteiger partial charge in [-0.25, -0.2) is 5.06 Å². The molecule has 0 saturated carbocycles. The number of hydrogen-bond acceptors (Lipinski definition) is 3. The SMILES string of the molecule is CN1OC[C@@H](N)C1=O.Cl. The molecule has 2 N–H and O–H groups in total. The summed E-state index contributed by atoms with van der Waals surface area (Å²) >= 11 is 0. The van der Waals surface area contributed by atoms with E-state index < -0.39 is 6.04 Å². The van der Waals surface area contributed by atoms with Crippen LogP contribution < -0.4 is 5.73 Å². The number of nitrogens with two attached hydrogens (primary N) is 1. The monoisotopic (exact) mass is 152 g/mol. The van der Waals surface area contributed by atoms with Gasteiger partial charge in [0, 0.05) is 7.05 Å². The van der Waals surface area contributed by atoms with Crippen LogP contribution in [0.15, 0.2) is 0 Å². The number of likely N-dealkylation sites (N-methyl/N-ethyl adjacent to an activating group) is 1. The fourth-order valence-corrected chi connectivity index (χ4v) is 0.561. The molecule has 5 heteroatoms. The van der Waals surface area contributed by atoms with E-state index in [9.17, 15) is 4.79 Å². The molecule has 1 atom stereocenters. The molecule has 1 aliphatic rings. The highest BCUT2D eigenvalue weighted by atomic mass is 35.5. The Labute approximate surface area is 59.3 Å². The first kappa shape index (κ1) is 8.68. The largest absolute Gasteiger partial charge is 0.318 e. The zero-order chi connectivity index (χ0) is 6.15. The maximum atomic E-state index is 10.6. The molecule has 1 fully saturated rings. The zero-order valence-corrected chi connectivity index (χ0v) is 5.85. The van der Waals surface area contributed by atoms with Gasteiger partial charge in [-0.05, 0) is 0 Å². The van der Waals surface area contributed by atoms with E-state index in [0.29, 0.717) is 6.61 Å². The second-order valence-electron chi connectivity index (χ2n) is 1.74. The number of nitrogens with zero attached hydrogens (tertiary/aromatic N) is 1. The second kappa shape index (κ2) is 3.00. The van der Waals surface area contributed by atoms with Crippen LogP contribution in [0.5, 0.6) is 0 Å². The van der Waals surface area contributed by atoms with Crippen molar-refractivity contribution in [2.75, 3.05) is 13.7 Å². The minimum absolute atomic E-state index is 0. The van der Waals surface area contributed by atoms with Gasteiger partial charge in [-0.3, -0.25) is 9.63 Å². The molecular weight excluding hydrogens is 144 g/mol. The van der Waals surface area contributed by atoms with Gasteiger partial charge >= 0.3 is 0 Å². The van der Waals surface area contributed by atoms with Crippen molar-refractivity contribution < 1.29 is 9.63 Å². The van der Waals surface area contributed by atoms with E-state index in [1.807, 2.05) is 0 Å². The summed E-state index contributed by atoms with van der Waals surface area (Å²) in [5, 5.41) is 1.16. The van der Waals surface area contributed by atoms with Crippen molar-refractivity contribution in [2.24, 2.45) is 5.73 Å². The van der Waals surface area contributed by atoms with Crippen LogP contribution in [-0.4, -0.2) is 30.7 Å². The Morgan fingerprint density at radius 3 is 2.56 bits per heavy atom. The van der Waals surface area contributed by atoms with Gasteiger partial charge in [0.1, 0.15) is 6.04 Å². The van der Waals surface area contributed by atoms with Gasteiger partial charge < -0.3 is 5.73 Å². The molecule has 0 aromatic rings. The average molecular weight is 153 g/mol. The molecule has 54 valence electrons. The number of amides is 1. The Morgan fingerprint density at radius 1 is 1.89 bits per heavy atom. The lowest BCUT2D eigenvalue weighted by Gasteiger charge is -2.03. The topological polar surface area (TPSA) is 55.6 Å². The zero-order valence-electron chi connectivity index (χ0n) is 5.03. The fourth-order valence-electron chi connectivity index (χ4n) is 0.561. The standard InChI is InChI=1S/C4H8N2O2.ClH/c1-6-4(7)3(5)2-8-6;/h3H,2,5H2,1H3;1H/t3-;/m1./s1. The van der Waals surface area contributed by atoms with Crippen LogP contribution in [0, 0.1) is 0 Å². The third-order valence-electron chi connectivity index (χ3n) is 1.08. The van der Waals surface area contributed by atoms with Crippen molar-refractivity contribution in [3.63, 3.8) is 0 Å². The van der Waals surface area contributed by atoms with Crippen molar-refractivity contribution in [1.29, 1.82) is 0 Å². The Balaban J connectivity index is 0.000000640. The molecule has 1 heterocycles. The normalized spacial score (nSPS) is 26.2. The van der Waals surface area contributed by atoms with Crippen molar-refractivity contribution in [1.82, 2.24) is 5.06 Å². The van der Waals surface area contributed by atoms with Gasteiger partial charge in [0.25, 0.3) is 5.91 Å².